The van der Waals surface area contributed by atoms with Crippen LogP contribution in [0.2, 0.25) is 0 Å². The van der Waals surface area contributed by atoms with Crippen LogP contribution < -0.4 is 10.1 Å². The Labute approximate surface area is 144 Å². The number of ether oxygens (including phenoxy) is 1. The standard InChI is InChI=1S/C19H27N3O2/c1-14-19(23)20-17-12-15(6-7-18(17)24-14)13-21-8-10-22(11-9-21)16-4-2-3-5-16/h6-7,12,14,16H,2-5,8-11,13H2,1H3,(H,20,23). The van der Waals surface area contributed by atoms with E-state index in [2.05, 4.69) is 27.2 Å². The summed E-state index contributed by atoms with van der Waals surface area (Å²) in [4.78, 5) is 17.0. The van der Waals surface area contributed by atoms with Crippen LogP contribution in [-0.2, 0) is 11.3 Å². The highest BCUT2D eigenvalue weighted by Gasteiger charge is 2.27. The number of piperazine rings is 1. The number of amides is 1. The molecule has 1 unspecified atom stereocenters. The maximum atomic E-state index is 11.8. The fourth-order valence-electron chi connectivity index (χ4n) is 4.17. The molecule has 5 nitrogen and oxygen atoms in total. The molecule has 2 fully saturated rings. The number of rotatable bonds is 3. The van der Waals surface area contributed by atoms with Crippen molar-refractivity contribution in [1.29, 1.82) is 0 Å². The summed E-state index contributed by atoms with van der Waals surface area (Å²) in [5.74, 6) is 0.710. The van der Waals surface area contributed by atoms with Crippen LogP contribution in [0.3, 0.4) is 0 Å². The van der Waals surface area contributed by atoms with Crippen LogP contribution in [0.15, 0.2) is 18.2 Å². The molecule has 3 aliphatic rings. The summed E-state index contributed by atoms with van der Waals surface area (Å²) in [6, 6.07) is 7.00. The van der Waals surface area contributed by atoms with Gasteiger partial charge in [-0.1, -0.05) is 18.9 Å². The van der Waals surface area contributed by atoms with Crippen molar-refractivity contribution in [3.05, 3.63) is 23.8 Å². The van der Waals surface area contributed by atoms with E-state index in [-0.39, 0.29) is 5.91 Å². The van der Waals surface area contributed by atoms with E-state index in [1.807, 2.05) is 6.07 Å². The van der Waals surface area contributed by atoms with Crippen molar-refractivity contribution < 1.29 is 9.53 Å². The average molecular weight is 329 g/mol. The molecule has 2 aliphatic heterocycles. The smallest absolute Gasteiger partial charge is 0.265 e. The summed E-state index contributed by atoms with van der Waals surface area (Å²) >= 11 is 0. The van der Waals surface area contributed by atoms with E-state index in [9.17, 15) is 4.79 Å². The average Bonchev–Trinajstić information content (AvgIpc) is 3.11. The second kappa shape index (κ2) is 6.73. The van der Waals surface area contributed by atoms with Gasteiger partial charge in [0.25, 0.3) is 5.91 Å². The first kappa shape index (κ1) is 15.9. The minimum Gasteiger partial charge on any atom is -0.479 e. The van der Waals surface area contributed by atoms with Gasteiger partial charge in [-0.3, -0.25) is 14.6 Å². The van der Waals surface area contributed by atoms with Gasteiger partial charge in [0.1, 0.15) is 5.75 Å². The van der Waals surface area contributed by atoms with E-state index in [0.29, 0.717) is 0 Å². The molecule has 2 heterocycles. The van der Waals surface area contributed by atoms with Gasteiger partial charge in [0, 0.05) is 38.8 Å². The van der Waals surface area contributed by atoms with Crippen LogP contribution in [-0.4, -0.2) is 54.0 Å². The lowest BCUT2D eigenvalue weighted by atomic mass is 10.1. The quantitative estimate of drug-likeness (QED) is 0.925. The highest BCUT2D eigenvalue weighted by atomic mass is 16.5. The largest absolute Gasteiger partial charge is 0.479 e. The maximum absolute atomic E-state index is 11.8. The summed E-state index contributed by atoms with van der Waals surface area (Å²) in [6.45, 7) is 7.36. The normalized spacial score (nSPS) is 26.0. The van der Waals surface area contributed by atoms with E-state index < -0.39 is 6.10 Å². The van der Waals surface area contributed by atoms with E-state index in [1.54, 1.807) is 6.92 Å². The number of hydrogen-bond acceptors (Lipinski definition) is 4. The minimum absolute atomic E-state index is 0.0650. The molecule has 5 heteroatoms. The highest BCUT2D eigenvalue weighted by molar-refractivity contribution is 5.97. The molecule has 1 saturated carbocycles. The number of carbonyl (C=O) groups excluding carboxylic acids is 1. The predicted octanol–water partition coefficient (Wildman–Crippen LogP) is 2.47. The Balaban J connectivity index is 1.35. The van der Waals surface area contributed by atoms with Crippen molar-refractivity contribution in [3.8, 4) is 5.75 Å². The zero-order valence-corrected chi connectivity index (χ0v) is 14.5. The van der Waals surface area contributed by atoms with Crippen molar-refractivity contribution in [3.63, 3.8) is 0 Å². The Bertz CT molecular complexity index is 605. The molecule has 4 rings (SSSR count). The molecule has 0 spiro atoms. The lowest BCUT2D eigenvalue weighted by Crippen LogP contribution is -2.49. The lowest BCUT2D eigenvalue weighted by molar-refractivity contribution is -0.122. The monoisotopic (exact) mass is 329 g/mol. The van der Waals surface area contributed by atoms with Gasteiger partial charge in [0.05, 0.1) is 5.69 Å². The minimum atomic E-state index is -0.410. The topological polar surface area (TPSA) is 44.8 Å². The fourth-order valence-corrected chi connectivity index (χ4v) is 4.17. The van der Waals surface area contributed by atoms with Gasteiger partial charge in [0.2, 0.25) is 0 Å². The van der Waals surface area contributed by atoms with E-state index in [1.165, 1.54) is 44.3 Å². The van der Waals surface area contributed by atoms with Gasteiger partial charge in [0.15, 0.2) is 6.10 Å². The molecular weight excluding hydrogens is 302 g/mol. The number of anilines is 1. The summed E-state index contributed by atoms with van der Waals surface area (Å²) in [5, 5.41) is 2.94. The van der Waals surface area contributed by atoms with Gasteiger partial charge >= 0.3 is 0 Å². The van der Waals surface area contributed by atoms with Crippen molar-refractivity contribution in [2.75, 3.05) is 31.5 Å². The van der Waals surface area contributed by atoms with E-state index in [0.717, 1.165) is 37.1 Å². The van der Waals surface area contributed by atoms with Crippen molar-refractivity contribution in [2.24, 2.45) is 0 Å². The van der Waals surface area contributed by atoms with Gasteiger partial charge in [-0.15, -0.1) is 0 Å². The third-order valence-electron chi connectivity index (χ3n) is 5.63. The number of hydrogen-bond donors (Lipinski definition) is 1. The number of fused-ring (bicyclic) bond motifs is 1. The molecule has 0 bridgehead atoms. The maximum Gasteiger partial charge on any atom is 0.265 e. The second-order valence-electron chi connectivity index (χ2n) is 7.33. The van der Waals surface area contributed by atoms with Gasteiger partial charge in [-0.2, -0.15) is 0 Å². The number of nitrogens with zero attached hydrogens (tertiary/aromatic N) is 2. The Hall–Kier alpha value is -1.59. The first-order valence-electron chi connectivity index (χ1n) is 9.26. The van der Waals surface area contributed by atoms with Crippen LogP contribution in [0.5, 0.6) is 5.75 Å². The molecule has 1 saturated heterocycles. The first-order valence-corrected chi connectivity index (χ1v) is 9.26. The summed E-state index contributed by atoms with van der Waals surface area (Å²) in [7, 11) is 0. The Kier molecular flexibility index (Phi) is 4.46. The Morgan fingerprint density at radius 1 is 1.17 bits per heavy atom. The van der Waals surface area contributed by atoms with Crippen molar-refractivity contribution in [2.45, 2.75) is 51.3 Å². The third-order valence-corrected chi connectivity index (χ3v) is 5.63. The second-order valence-corrected chi connectivity index (χ2v) is 7.33. The molecule has 0 radical (unpaired) electrons. The summed E-state index contributed by atoms with van der Waals surface area (Å²) in [6.07, 6.45) is 5.19. The fraction of sp³-hybridized carbons (Fsp3) is 0.632. The van der Waals surface area contributed by atoms with Crippen LogP contribution in [0.4, 0.5) is 5.69 Å². The number of carbonyl (C=O) groups is 1. The summed E-state index contributed by atoms with van der Waals surface area (Å²) < 4.78 is 5.63. The van der Waals surface area contributed by atoms with Crippen LogP contribution >= 0.6 is 0 Å². The molecule has 0 aromatic heterocycles. The molecule has 1 atom stereocenters. The molecule has 130 valence electrons. The zero-order valence-electron chi connectivity index (χ0n) is 14.5. The Morgan fingerprint density at radius 2 is 1.92 bits per heavy atom. The van der Waals surface area contributed by atoms with Crippen LogP contribution in [0, 0.1) is 0 Å². The SMILES string of the molecule is CC1Oc2ccc(CN3CCN(C4CCCC4)CC3)cc2NC1=O. The molecule has 1 aliphatic carbocycles. The van der Waals surface area contributed by atoms with Crippen molar-refractivity contribution in [1.82, 2.24) is 9.80 Å². The molecular formula is C19H27N3O2. The van der Waals surface area contributed by atoms with Crippen molar-refractivity contribution >= 4 is 11.6 Å². The molecule has 1 aromatic carbocycles. The van der Waals surface area contributed by atoms with Gasteiger partial charge < -0.3 is 10.1 Å². The lowest BCUT2D eigenvalue weighted by Gasteiger charge is -2.38. The Morgan fingerprint density at radius 3 is 2.67 bits per heavy atom. The van der Waals surface area contributed by atoms with Gasteiger partial charge in [-0.25, -0.2) is 0 Å². The third kappa shape index (κ3) is 3.28. The molecule has 24 heavy (non-hydrogen) atoms. The van der Waals surface area contributed by atoms with Gasteiger partial charge in [-0.05, 0) is 37.5 Å². The first-order chi connectivity index (χ1) is 11.7. The number of nitrogens with one attached hydrogen (secondary N) is 1. The number of benzene rings is 1. The highest BCUT2D eigenvalue weighted by Crippen LogP contribution is 2.31. The predicted molar refractivity (Wildman–Crippen MR) is 94.3 cm³/mol. The molecule has 1 N–H and O–H groups in total. The van der Waals surface area contributed by atoms with E-state index in [4.69, 9.17) is 4.74 Å². The van der Waals surface area contributed by atoms with Crippen LogP contribution in [0.1, 0.15) is 38.2 Å². The summed E-state index contributed by atoms with van der Waals surface area (Å²) in [5.41, 5.74) is 2.04. The van der Waals surface area contributed by atoms with E-state index >= 15 is 0 Å². The zero-order chi connectivity index (χ0) is 16.5. The molecule has 1 amide bonds. The molecule has 1 aromatic rings. The van der Waals surface area contributed by atoms with Crippen LogP contribution in [0.25, 0.3) is 0 Å².